The van der Waals surface area contributed by atoms with Gasteiger partial charge in [-0.25, -0.2) is 9.67 Å². The number of hydrogen-bond acceptors (Lipinski definition) is 4. The Morgan fingerprint density at radius 2 is 2.05 bits per heavy atom. The van der Waals surface area contributed by atoms with Crippen LogP contribution >= 0.6 is 0 Å². The molecule has 0 N–H and O–H groups in total. The molecule has 0 fully saturated rings. The van der Waals surface area contributed by atoms with Gasteiger partial charge in [-0.15, -0.1) is 0 Å². The van der Waals surface area contributed by atoms with E-state index >= 15 is 0 Å². The first-order chi connectivity index (χ1) is 9.66. The molecule has 0 radical (unpaired) electrons. The molecule has 1 aromatic carbocycles. The molecule has 1 aromatic heterocycles. The standard InChI is InChI=1S/C15H19N3O2/c1-12(2)18-15(16-11-17-18)10-13(19)8-9-20-14-6-4-3-5-7-14/h3-7,11-12H,8-10H2,1-2H3. The van der Waals surface area contributed by atoms with E-state index in [9.17, 15) is 4.79 Å². The molecule has 106 valence electrons. The summed E-state index contributed by atoms with van der Waals surface area (Å²) in [6, 6.07) is 9.70. The average molecular weight is 273 g/mol. The summed E-state index contributed by atoms with van der Waals surface area (Å²) >= 11 is 0. The second kappa shape index (κ2) is 6.84. The smallest absolute Gasteiger partial charge is 0.143 e. The molecule has 5 heteroatoms. The molecular weight excluding hydrogens is 254 g/mol. The van der Waals surface area contributed by atoms with Gasteiger partial charge >= 0.3 is 0 Å². The SMILES string of the molecule is CC(C)n1ncnc1CC(=O)CCOc1ccccc1. The number of ketones is 1. The molecule has 0 unspecified atom stereocenters. The quantitative estimate of drug-likeness (QED) is 0.777. The molecule has 0 amide bonds. The number of aromatic nitrogens is 3. The number of carbonyl (C=O) groups excluding carboxylic acids is 1. The van der Waals surface area contributed by atoms with Crippen molar-refractivity contribution >= 4 is 5.78 Å². The number of para-hydroxylation sites is 1. The molecule has 2 rings (SSSR count). The Kier molecular flexibility index (Phi) is 4.87. The molecule has 5 nitrogen and oxygen atoms in total. The van der Waals surface area contributed by atoms with E-state index in [2.05, 4.69) is 10.1 Å². The van der Waals surface area contributed by atoms with Crippen molar-refractivity contribution < 1.29 is 9.53 Å². The molecule has 2 aromatic rings. The fourth-order valence-electron chi connectivity index (χ4n) is 1.90. The number of Topliss-reactive ketones (excluding diaryl/α,β-unsaturated/α-hetero) is 1. The van der Waals surface area contributed by atoms with Gasteiger partial charge in [0.1, 0.15) is 23.7 Å². The molecule has 0 aliphatic carbocycles. The van der Waals surface area contributed by atoms with Gasteiger partial charge in [-0.1, -0.05) is 18.2 Å². The Labute approximate surface area is 118 Å². The Bertz CT molecular complexity index is 549. The van der Waals surface area contributed by atoms with Crippen LogP contribution in [0.15, 0.2) is 36.7 Å². The predicted molar refractivity (Wildman–Crippen MR) is 75.7 cm³/mol. The lowest BCUT2D eigenvalue weighted by Gasteiger charge is -2.09. The van der Waals surface area contributed by atoms with Crippen molar-refractivity contribution in [1.82, 2.24) is 14.8 Å². The summed E-state index contributed by atoms with van der Waals surface area (Å²) in [5.41, 5.74) is 0. The Balaban J connectivity index is 1.79. The van der Waals surface area contributed by atoms with E-state index in [4.69, 9.17) is 4.74 Å². The van der Waals surface area contributed by atoms with E-state index in [1.54, 1.807) is 4.68 Å². The number of benzene rings is 1. The highest BCUT2D eigenvalue weighted by Crippen LogP contribution is 2.10. The lowest BCUT2D eigenvalue weighted by atomic mass is 10.2. The minimum absolute atomic E-state index is 0.107. The van der Waals surface area contributed by atoms with Gasteiger partial charge in [-0.05, 0) is 26.0 Å². The van der Waals surface area contributed by atoms with Gasteiger partial charge in [0.05, 0.1) is 13.0 Å². The van der Waals surface area contributed by atoms with Crippen molar-refractivity contribution in [2.75, 3.05) is 6.61 Å². The topological polar surface area (TPSA) is 57.0 Å². The second-order valence-electron chi connectivity index (χ2n) is 4.84. The van der Waals surface area contributed by atoms with E-state index in [1.165, 1.54) is 6.33 Å². The molecule has 0 aliphatic heterocycles. The lowest BCUT2D eigenvalue weighted by Crippen LogP contribution is -2.14. The Hall–Kier alpha value is -2.17. The second-order valence-corrected chi connectivity index (χ2v) is 4.84. The molecule has 0 aliphatic rings. The summed E-state index contributed by atoms with van der Waals surface area (Å²) < 4.78 is 7.28. The summed E-state index contributed by atoms with van der Waals surface area (Å²) in [6.45, 7) is 4.42. The van der Waals surface area contributed by atoms with E-state index in [0.29, 0.717) is 25.3 Å². The number of nitrogens with zero attached hydrogens (tertiary/aromatic N) is 3. The first-order valence-corrected chi connectivity index (χ1v) is 6.74. The van der Waals surface area contributed by atoms with Crippen LogP contribution in [0.4, 0.5) is 0 Å². The normalized spacial score (nSPS) is 10.8. The van der Waals surface area contributed by atoms with Crippen LogP contribution in [0.25, 0.3) is 0 Å². The summed E-state index contributed by atoms with van der Waals surface area (Å²) in [5, 5.41) is 4.12. The minimum atomic E-state index is 0.107. The van der Waals surface area contributed by atoms with Gasteiger partial charge in [-0.3, -0.25) is 4.79 Å². The van der Waals surface area contributed by atoms with Crippen LogP contribution in [0.1, 0.15) is 32.1 Å². The van der Waals surface area contributed by atoms with Crippen molar-refractivity contribution in [2.45, 2.75) is 32.7 Å². The average Bonchev–Trinajstić information content (AvgIpc) is 2.88. The maximum absolute atomic E-state index is 11.9. The maximum Gasteiger partial charge on any atom is 0.143 e. The zero-order valence-electron chi connectivity index (χ0n) is 11.8. The summed E-state index contributed by atoms with van der Waals surface area (Å²) in [7, 11) is 0. The van der Waals surface area contributed by atoms with Crippen molar-refractivity contribution in [2.24, 2.45) is 0 Å². The largest absolute Gasteiger partial charge is 0.493 e. The molecule has 1 heterocycles. The van der Waals surface area contributed by atoms with E-state index in [-0.39, 0.29) is 11.8 Å². The first kappa shape index (κ1) is 14.2. The third-order valence-corrected chi connectivity index (χ3v) is 2.88. The third-order valence-electron chi connectivity index (χ3n) is 2.88. The zero-order chi connectivity index (χ0) is 14.4. The van der Waals surface area contributed by atoms with Crippen molar-refractivity contribution in [3.63, 3.8) is 0 Å². The van der Waals surface area contributed by atoms with Crippen molar-refractivity contribution in [3.8, 4) is 5.75 Å². The Morgan fingerprint density at radius 3 is 2.75 bits per heavy atom. The molecule has 0 saturated carbocycles. The highest BCUT2D eigenvalue weighted by molar-refractivity contribution is 5.80. The maximum atomic E-state index is 11.9. The summed E-state index contributed by atoms with van der Waals surface area (Å²) in [6.07, 6.45) is 2.17. The number of carbonyl (C=O) groups is 1. The molecule has 0 bridgehead atoms. The van der Waals surface area contributed by atoms with Crippen LogP contribution in [-0.2, 0) is 11.2 Å². The monoisotopic (exact) mass is 273 g/mol. The number of hydrogen-bond donors (Lipinski definition) is 0. The highest BCUT2D eigenvalue weighted by Gasteiger charge is 2.12. The van der Waals surface area contributed by atoms with Gasteiger partial charge in [-0.2, -0.15) is 5.10 Å². The van der Waals surface area contributed by atoms with Gasteiger partial charge in [0.2, 0.25) is 0 Å². The predicted octanol–water partition coefficient (Wildman–Crippen LogP) is 2.44. The van der Waals surface area contributed by atoms with Crippen LogP contribution < -0.4 is 4.74 Å². The minimum Gasteiger partial charge on any atom is -0.493 e. The number of ether oxygens (including phenoxy) is 1. The van der Waals surface area contributed by atoms with Crippen LogP contribution in [0.3, 0.4) is 0 Å². The zero-order valence-corrected chi connectivity index (χ0v) is 11.8. The lowest BCUT2D eigenvalue weighted by molar-refractivity contribution is -0.119. The van der Waals surface area contributed by atoms with Crippen LogP contribution in [-0.4, -0.2) is 27.2 Å². The first-order valence-electron chi connectivity index (χ1n) is 6.74. The van der Waals surface area contributed by atoms with Crippen LogP contribution in [0.2, 0.25) is 0 Å². The summed E-state index contributed by atoms with van der Waals surface area (Å²) in [4.78, 5) is 16.0. The van der Waals surface area contributed by atoms with E-state index < -0.39 is 0 Å². The number of rotatable bonds is 7. The van der Waals surface area contributed by atoms with Crippen molar-refractivity contribution in [3.05, 3.63) is 42.5 Å². The van der Waals surface area contributed by atoms with Gasteiger partial charge < -0.3 is 4.74 Å². The Morgan fingerprint density at radius 1 is 1.30 bits per heavy atom. The molecule has 0 saturated heterocycles. The van der Waals surface area contributed by atoms with Crippen LogP contribution in [0.5, 0.6) is 5.75 Å². The van der Waals surface area contributed by atoms with E-state index in [1.807, 2.05) is 44.2 Å². The molecular formula is C15H19N3O2. The van der Waals surface area contributed by atoms with Gasteiger partial charge in [0.15, 0.2) is 0 Å². The van der Waals surface area contributed by atoms with Crippen LogP contribution in [0, 0.1) is 0 Å². The highest BCUT2D eigenvalue weighted by atomic mass is 16.5. The molecule has 0 spiro atoms. The third kappa shape index (κ3) is 3.91. The molecule has 20 heavy (non-hydrogen) atoms. The van der Waals surface area contributed by atoms with Gasteiger partial charge in [0, 0.05) is 12.5 Å². The fourth-order valence-corrected chi connectivity index (χ4v) is 1.90. The van der Waals surface area contributed by atoms with E-state index in [0.717, 1.165) is 5.75 Å². The van der Waals surface area contributed by atoms with Gasteiger partial charge in [0.25, 0.3) is 0 Å². The van der Waals surface area contributed by atoms with Crippen molar-refractivity contribution in [1.29, 1.82) is 0 Å². The fraction of sp³-hybridized carbons (Fsp3) is 0.400. The molecule has 0 atom stereocenters. The summed E-state index contributed by atoms with van der Waals surface area (Å²) in [5.74, 6) is 1.60.